The van der Waals surface area contributed by atoms with Crippen molar-refractivity contribution in [3.05, 3.63) is 0 Å². The smallest absolute Gasteiger partial charge is 0.329 e. The Morgan fingerprint density at radius 3 is 2.31 bits per heavy atom. The number of halogens is 3. The van der Waals surface area contributed by atoms with E-state index in [0.717, 1.165) is 12.8 Å². The van der Waals surface area contributed by atoms with E-state index >= 15 is 0 Å². The van der Waals surface area contributed by atoms with Gasteiger partial charge in [0.15, 0.2) is 0 Å². The molecule has 0 aromatic carbocycles. The average molecular weight is 196 g/mol. The summed E-state index contributed by atoms with van der Waals surface area (Å²) in [6.45, 7) is 0.371. The van der Waals surface area contributed by atoms with Crippen LogP contribution in [0.3, 0.4) is 0 Å². The minimum absolute atomic E-state index is 0.294. The first-order chi connectivity index (χ1) is 6.01. The monoisotopic (exact) mass is 196 g/mol. The van der Waals surface area contributed by atoms with Crippen LogP contribution in [0.5, 0.6) is 0 Å². The highest BCUT2D eigenvalue weighted by molar-refractivity contribution is 4.78. The maximum Gasteiger partial charge on any atom is 0.401 e. The summed E-state index contributed by atoms with van der Waals surface area (Å²) >= 11 is 0. The maximum atomic E-state index is 12.0. The van der Waals surface area contributed by atoms with Gasteiger partial charge in [0.2, 0.25) is 0 Å². The lowest BCUT2D eigenvalue weighted by molar-refractivity contribution is -0.146. The van der Waals surface area contributed by atoms with Gasteiger partial charge in [-0.2, -0.15) is 13.2 Å². The third-order valence-corrected chi connectivity index (χ3v) is 2.06. The fourth-order valence-corrected chi connectivity index (χ4v) is 1.34. The Hall–Kier alpha value is -0.290. The van der Waals surface area contributed by atoms with E-state index < -0.39 is 12.7 Å². The van der Waals surface area contributed by atoms with Crippen molar-refractivity contribution in [1.29, 1.82) is 0 Å². The van der Waals surface area contributed by atoms with Gasteiger partial charge in [-0.05, 0) is 18.8 Å². The topological polar surface area (TPSA) is 29.3 Å². The number of nitrogens with two attached hydrogens (primary N) is 1. The second kappa shape index (κ2) is 4.28. The zero-order valence-electron chi connectivity index (χ0n) is 7.48. The summed E-state index contributed by atoms with van der Waals surface area (Å²) in [7, 11) is 0. The summed E-state index contributed by atoms with van der Waals surface area (Å²) in [6, 6.07) is 0. The Bertz CT molecular complexity index is 154. The number of nitrogens with zero attached hydrogens (tertiary/aromatic N) is 1. The van der Waals surface area contributed by atoms with E-state index in [9.17, 15) is 13.2 Å². The van der Waals surface area contributed by atoms with Crippen molar-refractivity contribution in [2.75, 3.05) is 26.2 Å². The molecule has 0 spiro atoms. The van der Waals surface area contributed by atoms with Crippen LogP contribution in [0.15, 0.2) is 0 Å². The van der Waals surface area contributed by atoms with Crippen LogP contribution in [0, 0.1) is 5.92 Å². The molecule has 0 unspecified atom stereocenters. The molecule has 0 amide bonds. The van der Waals surface area contributed by atoms with Gasteiger partial charge in [0.25, 0.3) is 0 Å². The molecule has 2 N–H and O–H groups in total. The zero-order chi connectivity index (χ0) is 9.90. The fourth-order valence-electron chi connectivity index (χ4n) is 1.34. The Labute approximate surface area is 75.9 Å². The van der Waals surface area contributed by atoms with Gasteiger partial charge >= 0.3 is 6.18 Å². The van der Waals surface area contributed by atoms with E-state index in [1.165, 1.54) is 4.90 Å². The lowest BCUT2D eigenvalue weighted by Crippen LogP contribution is -2.38. The van der Waals surface area contributed by atoms with Crippen molar-refractivity contribution in [3.8, 4) is 0 Å². The van der Waals surface area contributed by atoms with Gasteiger partial charge in [-0.15, -0.1) is 0 Å². The molecule has 0 aromatic rings. The van der Waals surface area contributed by atoms with Crippen LogP contribution in [0.1, 0.15) is 12.8 Å². The third-order valence-electron chi connectivity index (χ3n) is 2.06. The van der Waals surface area contributed by atoms with Gasteiger partial charge in [0, 0.05) is 19.6 Å². The van der Waals surface area contributed by atoms with E-state index in [1.54, 1.807) is 0 Å². The predicted octanol–water partition coefficient (Wildman–Crippen LogP) is 1.22. The highest BCUT2D eigenvalue weighted by atomic mass is 19.4. The molecule has 0 aliphatic heterocycles. The minimum Gasteiger partial charge on any atom is -0.329 e. The Morgan fingerprint density at radius 1 is 1.31 bits per heavy atom. The van der Waals surface area contributed by atoms with Crippen molar-refractivity contribution in [2.45, 2.75) is 19.0 Å². The molecule has 0 heterocycles. The molecule has 0 atom stereocenters. The van der Waals surface area contributed by atoms with Crippen LogP contribution in [0.25, 0.3) is 0 Å². The van der Waals surface area contributed by atoms with Gasteiger partial charge < -0.3 is 5.73 Å². The molecule has 0 bridgehead atoms. The number of rotatable bonds is 5. The van der Waals surface area contributed by atoms with Crippen molar-refractivity contribution in [1.82, 2.24) is 4.90 Å². The molecular weight excluding hydrogens is 181 g/mol. The van der Waals surface area contributed by atoms with Crippen LogP contribution < -0.4 is 5.73 Å². The Balaban J connectivity index is 2.27. The van der Waals surface area contributed by atoms with Crippen molar-refractivity contribution in [3.63, 3.8) is 0 Å². The molecule has 5 heteroatoms. The largest absolute Gasteiger partial charge is 0.401 e. The first-order valence-electron chi connectivity index (χ1n) is 4.50. The SMILES string of the molecule is NCCN(CC1CC1)CC(F)(F)F. The van der Waals surface area contributed by atoms with Gasteiger partial charge in [-0.1, -0.05) is 0 Å². The first-order valence-corrected chi connectivity index (χ1v) is 4.50. The fraction of sp³-hybridized carbons (Fsp3) is 1.00. The van der Waals surface area contributed by atoms with E-state index in [4.69, 9.17) is 5.73 Å². The van der Waals surface area contributed by atoms with Gasteiger partial charge in [0.05, 0.1) is 6.54 Å². The van der Waals surface area contributed by atoms with Crippen LogP contribution >= 0.6 is 0 Å². The third kappa shape index (κ3) is 5.10. The molecule has 0 aromatic heterocycles. The number of hydrogen-bond acceptors (Lipinski definition) is 2. The summed E-state index contributed by atoms with van der Waals surface area (Å²) < 4.78 is 36.1. The Morgan fingerprint density at radius 2 is 1.92 bits per heavy atom. The van der Waals surface area contributed by atoms with E-state index in [0.29, 0.717) is 25.6 Å². The van der Waals surface area contributed by atoms with Crippen LogP contribution in [0.4, 0.5) is 13.2 Å². The molecule has 1 rings (SSSR count). The summed E-state index contributed by atoms with van der Waals surface area (Å²) in [5.74, 6) is 0.480. The molecule has 0 radical (unpaired) electrons. The molecular formula is C8H15F3N2. The maximum absolute atomic E-state index is 12.0. The minimum atomic E-state index is -4.09. The molecule has 1 fully saturated rings. The van der Waals surface area contributed by atoms with Gasteiger partial charge in [-0.25, -0.2) is 0 Å². The van der Waals surface area contributed by atoms with E-state index in [-0.39, 0.29) is 0 Å². The van der Waals surface area contributed by atoms with Crippen molar-refractivity contribution < 1.29 is 13.2 Å². The molecule has 13 heavy (non-hydrogen) atoms. The Kier molecular flexibility index (Phi) is 3.55. The lowest BCUT2D eigenvalue weighted by Gasteiger charge is -2.22. The predicted molar refractivity (Wildman–Crippen MR) is 44.3 cm³/mol. The van der Waals surface area contributed by atoms with Crippen LogP contribution in [0.2, 0.25) is 0 Å². The van der Waals surface area contributed by atoms with Crippen molar-refractivity contribution >= 4 is 0 Å². The summed E-state index contributed by atoms with van der Waals surface area (Å²) in [5.41, 5.74) is 5.24. The highest BCUT2D eigenvalue weighted by Crippen LogP contribution is 2.30. The molecule has 0 saturated heterocycles. The zero-order valence-corrected chi connectivity index (χ0v) is 7.48. The van der Waals surface area contributed by atoms with Gasteiger partial charge in [0.1, 0.15) is 0 Å². The highest BCUT2D eigenvalue weighted by Gasteiger charge is 2.33. The lowest BCUT2D eigenvalue weighted by atomic mass is 10.3. The van der Waals surface area contributed by atoms with E-state index in [2.05, 4.69) is 0 Å². The van der Waals surface area contributed by atoms with Crippen LogP contribution in [-0.4, -0.2) is 37.3 Å². The summed E-state index contributed by atoms with van der Waals surface area (Å²) in [5, 5.41) is 0. The standard InChI is InChI=1S/C8H15F3N2/c9-8(10,11)6-13(4-3-12)5-7-1-2-7/h7H,1-6,12H2. The second-order valence-electron chi connectivity index (χ2n) is 3.58. The van der Waals surface area contributed by atoms with Crippen LogP contribution in [-0.2, 0) is 0 Å². The summed E-state index contributed by atoms with van der Waals surface area (Å²) in [6.07, 6.45) is -1.96. The van der Waals surface area contributed by atoms with Gasteiger partial charge in [-0.3, -0.25) is 4.90 Å². The second-order valence-corrected chi connectivity index (χ2v) is 3.58. The van der Waals surface area contributed by atoms with E-state index in [1.807, 2.05) is 0 Å². The number of alkyl halides is 3. The molecule has 1 aliphatic carbocycles. The average Bonchev–Trinajstić information content (AvgIpc) is 2.68. The molecule has 1 saturated carbocycles. The van der Waals surface area contributed by atoms with Crippen molar-refractivity contribution in [2.24, 2.45) is 11.7 Å². The quantitative estimate of drug-likeness (QED) is 0.716. The molecule has 1 aliphatic rings. The molecule has 2 nitrogen and oxygen atoms in total. The number of hydrogen-bond donors (Lipinski definition) is 1. The summed E-state index contributed by atoms with van der Waals surface area (Å²) in [4.78, 5) is 1.40. The first kappa shape index (κ1) is 10.8. The molecule has 78 valence electrons. The normalized spacial score (nSPS) is 18.2.